The number of esters is 1. The molecule has 2 heteroatoms. The van der Waals surface area contributed by atoms with Crippen LogP contribution in [-0.4, -0.2) is 5.97 Å². The van der Waals surface area contributed by atoms with E-state index in [1.54, 1.807) is 6.92 Å². The normalized spacial score (nSPS) is 17.4. The third-order valence-corrected chi connectivity index (χ3v) is 2.84. The monoisotopic (exact) mass is 228 g/mol. The highest BCUT2D eigenvalue weighted by atomic mass is 16.5. The van der Waals surface area contributed by atoms with Gasteiger partial charge >= 0.3 is 5.97 Å². The fourth-order valence-corrected chi connectivity index (χ4v) is 1.91. The zero-order valence-corrected chi connectivity index (χ0v) is 10.2. The Hall–Kier alpha value is -1.83. The Morgan fingerprint density at radius 2 is 2.24 bits per heavy atom. The van der Waals surface area contributed by atoms with Gasteiger partial charge in [0, 0.05) is 11.1 Å². The zero-order valence-electron chi connectivity index (χ0n) is 10.2. The summed E-state index contributed by atoms with van der Waals surface area (Å²) >= 11 is 0. The van der Waals surface area contributed by atoms with Crippen LogP contribution in [0.15, 0.2) is 36.4 Å². The van der Waals surface area contributed by atoms with Gasteiger partial charge in [-0.1, -0.05) is 37.8 Å². The predicted molar refractivity (Wildman–Crippen MR) is 68.8 cm³/mol. The second kappa shape index (κ2) is 4.58. The molecule has 17 heavy (non-hydrogen) atoms. The summed E-state index contributed by atoms with van der Waals surface area (Å²) in [5.41, 5.74) is 2.66. The Bertz CT molecular complexity index is 498. The van der Waals surface area contributed by atoms with Crippen LogP contribution in [0.4, 0.5) is 0 Å². The van der Waals surface area contributed by atoms with Crippen LogP contribution in [0, 0.1) is 5.92 Å². The minimum absolute atomic E-state index is 0.370. The van der Waals surface area contributed by atoms with E-state index in [4.69, 9.17) is 4.74 Å². The number of carbonyl (C=O) groups excluding carboxylic acids is 1. The van der Waals surface area contributed by atoms with E-state index in [2.05, 4.69) is 25.6 Å². The number of carbonyl (C=O) groups is 1. The van der Waals surface area contributed by atoms with Crippen LogP contribution in [0.5, 0.6) is 5.75 Å². The van der Waals surface area contributed by atoms with E-state index in [1.807, 2.05) is 18.2 Å². The maximum Gasteiger partial charge on any atom is 0.338 e. The number of hydrogen-bond acceptors (Lipinski definition) is 2. The Labute approximate surface area is 102 Å². The second-order valence-corrected chi connectivity index (χ2v) is 4.54. The van der Waals surface area contributed by atoms with Gasteiger partial charge in [-0.25, -0.2) is 4.79 Å². The number of hydrogen-bond donors (Lipinski definition) is 0. The molecule has 1 aromatic carbocycles. The molecule has 1 aliphatic rings. The fourth-order valence-electron chi connectivity index (χ4n) is 1.91. The van der Waals surface area contributed by atoms with Crippen LogP contribution >= 0.6 is 0 Å². The second-order valence-electron chi connectivity index (χ2n) is 4.54. The highest BCUT2D eigenvalue weighted by Crippen LogP contribution is 2.30. The summed E-state index contributed by atoms with van der Waals surface area (Å²) in [5, 5.41) is 0. The molecule has 1 unspecified atom stereocenters. The lowest BCUT2D eigenvalue weighted by molar-refractivity contribution is -0.130. The quantitative estimate of drug-likeness (QED) is 0.440. The van der Waals surface area contributed by atoms with Crippen molar-refractivity contribution in [2.75, 3.05) is 0 Å². The van der Waals surface area contributed by atoms with Gasteiger partial charge in [0.2, 0.25) is 0 Å². The minimum Gasteiger partial charge on any atom is -0.423 e. The van der Waals surface area contributed by atoms with Gasteiger partial charge in [-0.05, 0) is 30.9 Å². The van der Waals surface area contributed by atoms with E-state index in [1.165, 1.54) is 5.56 Å². The van der Waals surface area contributed by atoms with E-state index in [0.29, 0.717) is 17.2 Å². The lowest BCUT2D eigenvalue weighted by Gasteiger charge is -2.18. The van der Waals surface area contributed by atoms with Crippen LogP contribution in [-0.2, 0) is 11.2 Å². The topological polar surface area (TPSA) is 26.3 Å². The smallest absolute Gasteiger partial charge is 0.338 e. The van der Waals surface area contributed by atoms with E-state index in [9.17, 15) is 4.79 Å². The average Bonchev–Trinajstić information content (AvgIpc) is 2.28. The Balaban J connectivity index is 2.33. The van der Waals surface area contributed by atoms with Crippen molar-refractivity contribution < 1.29 is 9.53 Å². The number of ether oxygens (including phenoxy) is 1. The molecule has 0 aliphatic heterocycles. The SMILES string of the molecule is C=C(C)C(=O)Oc1cccc2c1C=CC(C)C2. The maximum absolute atomic E-state index is 11.5. The molecule has 2 nitrogen and oxygen atoms in total. The molecular formula is C15H16O2. The standard InChI is InChI=1S/C15H16O2/c1-10(2)15(16)17-14-6-4-5-12-9-11(3)7-8-13(12)14/h4-8,11H,1,9H2,2-3H3. The molecule has 0 N–H and O–H groups in total. The largest absolute Gasteiger partial charge is 0.423 e. The van der Waals surface area contributed by atoms with Crippen LogP contribution in [0.1, 0.15) is 25.0 Å². The molecule has 0 saturated carbocycles. The van der Waals surface area contributed by atoms with E-state index in [-0.39, 0.29) is 5.97 Å². The molecule has 88 valence electrons. The molecule has 2 rings (SSSR count). The van der Waals surface area contributed by atoms with Crippen molar-refractivity contribution in [2.24, 2.45) is 5.92 Å². The molecule has 1 atom stereocenters. The summed E-state index contributed by atoms with van der Waals surface area (Å²) in [4.78, 5) is 11.5. The van der Waals surface area contributed by atoms with Crippen molar-refractivity contribution >= 4 is 12.0 Å². The van der Waals surface area contributed by atoms with Crippen molar-refractivity contribution in [1.29, 1.82) is 0 Å². The molecule has 0 amide bonds. The molecule has 1 aromatic rings. The Morgan fingerprint density at radius 3 is 2.94 bits per heavy atom. The van der Waals surface area contributed by atoms with Gasteiger partial charge in [0.15, 0.2) is 0 Å². The minimum atomic E-state index is -0.370. The molecule has 0 aromatic heterocycles. The molecule has 0 radical (unpaired) electrons. The lowest BCUT2D eigenvalue weighted by Crippen LogP contribution is -2.11. The summed E-state index contributed by atoms with van der Waals surface area (Å²) in [5.74, 6) is 0.790. The van der Waals surface area contributed by atoms with Crippen molar-refractivity contribution in [2.45, 2.75) is 20.3 Å². The summed E-state index contributed by atoms with van der Waals surface area (Å²) in [6, 6.07) is 5.82. The van der Waals surface area contributed by atoms with Gasteiger partial charge in [-0.2, -0.15) is 0 Å². The lowest BCUT2D eigenvalue weighted by atomic mass is 9.90. The molecule has 0 fully saturated rings. The van der Waals surface area contributed by atoms with Gasteiger partial charge < -0.3 is 4.74 Å². The summed E-state index contributed by atoms with van der Waals surface area (Å²) in [6.45, 7) is 7.40. The van der Waals surface area contributed by atoms with Crippen LogP contribution in [0.25, 0.3) is 6.08 Å². The molecule has 0 spiro atoms. The first-order valence-electron chi connectivity index (χ1n) is 5.75. The van der Waals surface area contributed by atoms with Crippen LogP contribution in [0.2, 0.25) is 0 Å². The van der Waals surface area contributed by atoms with Gasteiger partial charge in [0.1, 0.15) is 5.75 Å². The first-order valence-corrected chi connectivity index (χ1v) is 5.75. The first kappa shape index (κ1) is 11.6. The number of fused-ring (bicyclic) bond motifs is 1. The molecule has 1 aliphatic carbocycles. The highest BCUT2D eigenvalue weighted by molar-refractivity contribution is 5.89. The Kier molecular flexibility index (Phi) is 3.14. The van der Waals surface area contributed by atoms with E-state index < -0.39 is 0 Å². The molecule has 0 heterocycles. The summed E-state index contributed by atoms with van der Waals surface area (Å²) in [7, 11) is 0. The van der Waals surface area contributed by atoms with Crippen LogP contribution in [0.3, 0.4) is 0 Å². The fraction of sp³-hybridized carbons (Fsp3) is 0.267. The van der Waals surface area contributed by atoms with Crippen LogP contribution < -0.4 is 4.74 Å². The Morgan fingerprint density at radius 1 is 1.47 bits per heavy atom. The third kappa shape index (κ3) is 2.47. The first-order chi connectivity index (χ1) is 8.08. The number of allylic oxidation sites excluding steroid dienone is 1. The van der Waals surface area contributed by atoms with Gasteiger partial charge in [-0.15, -0.1) is 0 Å². The molecular weight excluding hydrogens is 212 g/mol. The van der Waals surface area contributed by atoms with E-state index in [0.717, 1.165) is 12.0 Å². The van der Waals surface area contributed by atoms with Gasteiger partial charge in [0.25, 0.3) is 0 Å². The van der Waals surface area contributed by atoms with Crippen molar-refractivity contribution in [3.63, 3.8) is 0 Å². The summed E-state index contributed by atoms with van der Waals surface area (Å²) in [6.07, 6.45) is 5.16. The summed E-state index contributed by atoms with van der Waals surface area (Å²) < 4.78 is 5.32. The molecule has 0 saturated heterocycles. The van der Waals surface area contributed by atoms with Gasteiger partial charge in [0.05, 0.1) is 0 Å². The number of benzene rings is 1. The zero-order chi connectivity index (χ0) is 12.4. The van der Waals surface area contributed by atoms with E-state index >= 15 is 0 Å². The third-order valence-electron chi connectivity index (χ3n) is 2.84. The van der Waals surface area contributed by atoms with Crippen molar-refractivity contribution in [1.82, 2.24) is 0 Å². The molecule has 0 bridgehead atoms. The average molecular weight is 228 g/mol. The number of rotatable bonds is 2. The van der Waals surface area contributed by atoms with Gasteiger partial charge in [-0.3, -0.25) is 0 Å². The predicted octanol–water partition coefficient (Wildman–Crippen LogP) is 3.37. The maximum atomic E-state index is 11.5. The van der Waals surface area contributed by atoms with Crippen molar-refractivity contribution in [3.05, 3.63) is 47.6 Å². The van der Waals surface area contributed by atoms with Crippen molar-refractivity contribution in [3.8, 4) is 5.75 Å². The highest BCUT2D eigenvalue weighted by Gasteiger charge is 2.15.